The number of carbonyl (C=O) groups is 3. The highest BCUT2D eigenvalue weighted by atomic mass is 16.2. The zero-order valence-electron chi connectivity index (χ0n) is 19.5. The second kappa shape index (κ2) is 11.9. The lowest BCUT2D eigenvalue weighted by molar-refractivity contribution is -0.118. The number of rotatable bonds is 9. The Bertz CT molecular complexity index is 1130. The van der Waals surface area contributed by atoms with Crippen LogP contribution in [0.2, 0.25) is 0 Å². The van der Waals surface area contributed by atoms with Crippen LogP contribution in [0.5, 0.6) is 0 Å². The molecule has 0 saturated carbocycles. The SMILES string of the molecule is O=C(CCn1ccnc1)Nc1cccc(C(=O)NC2CCN(CC(=O)Nc3ccccc3)CC2)c1. The van der Waals surface area contributed by atoms with Gasteiger partial charge in [0.1, 0.15) is 0 Å². The van der Waals surface area contributed by atoms with Crippen LogP contribution in [0.1, 0.15) is 29.6 Å². The number of aryl methyl sites for hydroxylation is 1. The van der Waals surface area contributed by atoms with Crippen LogP contribution in [0.25, 0.3) is 0 Å². The zero-order valence-corrected chi connectivity index (χ0v) is 19.5. The van der Waals surface area contributed by atoms with Gasteiger partial charge in [-0.05, 0) is 43.2 Å². The first-order chi connectivity index (χ1) is 17.0. The third-order valence-electron chi connectivity index (χ3n) is 5.91. The second-order valence-corrected chi connectivity index (χ2v) is 8.62. The van der Waals surface area contributed by atoms with Gasteiger partial charge in [-0.2, -0.15) is 0 Å². The number of amides is 3. The van der Waals surface area contributed by atoms with Crippen LogP contribution in [-0.2, 0) is 16.1 Å². The van der Waals surface area contributed by atoms with Crippen molar-refractivity contribution in [3.8, 4) is 0 Å². The number of para-hydroxylation sites is 1. The average molecular weight is 475 g/mol. The summed E-state index contributed by atoms with van der Waals surface area (Å²) in [5.41, 5.74) is 1.88. The van der Waals surface area contributed by atoms with Crippen LogP contribution >= 0.6 is 0 Å². The molecule has 0 unspecified atom stereocenters. The molecule has 0 aliphatic carbocycles. The fourth-order valence-corrected chi connectivity index (χ4v) is 4.04. The summed E-state index contributed by atoms with van der Waals surface area (Å²) in [6, 6.07) is 16.4. The van der Waals surface area contributed by atoms with E-state index in [0.717, 1.165) is 31.6 Å². The zero-order chi connectivity index (χ0) is 24.5. The van der Waals surface area contributed by atoms with Gasteiger partial charge in [-0.25, -0.2) is 4.98 Å². The van der Waals surface area contributed by atoms with Gasteiger partial charge >= 0.3 is 0 Å². The molecule has 3 aromatic rings. The van der Waals surface area contributed by atoms with E-state index in [1.807, 2.05) is 41.1 Å². The van der Waals surface area contributed by atoms with Crippen LogP contribution in [0.15, 0.2) is 73.3 Å². The normalized spacial score (nSPS) is 14.3. The number of hydrogen-bond acceptors (Lipinski definition) is 5. The van der Waals surface area contributed by atoms with Crippen LogP contribution in [-0.4, -0.2) is 57.8 Å². The maximum absolute atomic E-state index is 12.8. The molecule has 0 radical (unpaired) electrons. The Balaban J connectivity index is 1.20. The van der Waals surface area contributed by atoms with Gasteiger partial charge in [-0.1, -0.05) is 24.3 Å². The number of aromatic nitrogens is 2. The molecule has 0 atom stereocenters. The quantitative estimate of drug-likeness (QED) is 0.442. The predicted molar refractivity (Wildman–Crippen MR) is 134 cm³/mol. The number of benzene rings is 2. The summed E-state index contributed by atoms with van der Waals surface area (Å²) >= 11 is 0. The largest absolute Gasteiger partial charge is 0.349 e. The fraction of sp³-hybridized carbons (Fsp3) is 0.308. The summed E-state index contributed by atoms with van der Waals surface area (Å²) in [6.45, 7) is 2.34. The number of anilines is 2. The van der Waals surface area contributed by atoms with Crippen LogP contribution in [0.3, 0.4) is 0 Å². The molecule has 182 valence electrons. The molecular formula is C26H30N6O3. The Morgan fingerprint density at radius 1 is 0.914 bits per heavy atom. The minimum Gasteiger partial charge on any atom is -0.349 e. The summed E-state index contributed by atoms with van der Waals surface area (Å²) < 4.78 is 1.84. The van der Waals surface area contributed by atoms with Gasteiger partial charge in [0.2, 0.25) is 11.8 Å². The Hall–Kier alpha value is -3.98. The molecule has 1 aromatic heterocycles. The van der Waals surface area contributed by atoms with Crippen molar-refractivity contribution in [2.45, 2.75) is 31.8 Å². The number of imidazole rings is 1. The van der Waals surface area contributed by atoms with Crippen molar-refractivity contribution < 1.29 is 14.4 Å². The molecule has 35 heavy (non-hydrogen) atoms. The van der Waals surface area contributed by atoms with Crippen molar-refractivity contribution in [2.75, 3.05) is 30.3 Å². The highest BCUT2D eigenvalue weighted by molar-refractivity contribution is 5.97. The van der Waals surface area contributed by atoms with E-state index in [4.69, 9.17) is 0 Å². The van der Waals surface area contributed by atoms with Gasteiger partial charge in [0, 0.05) is 61.4 Å². The fourth-order valence-electron chi connectivity index (χ4n) is 4.04. The van der Waals surface area contributed by atoms with E-state index < -0.39 is 0 Å². The lowest BCUT2D eigenvalue weighted by Crippen LogP contribution is -2.46. The standard InChI is InChI=1S/C26H30N6O3/c33-24(11-15-32-16-12-27-19-32)29-23-8-4-5-20(17-23)26(35)30-22-9-13-31(14-10-22)18-25(34)28-21-6-2-1-3-7-21/h1-8,12,16-17,19,22H,9-11,13-15,18H2,(H,28,34)(H,29,33)(H,30,35). The molecule has 1 fully saturated rings. The van der Waals surface area contributed by atoms with E-state index in [0.29, 0.717) is 30.8 Å². The Morgan fingerprint density at radius 2 is 1.66 bits per heavy atom. The maximum Gasteiger partial charge on any atom is 0.251 e. The summed E-state index contributed by atoms with van der Waals surface area (Å²) in [6.07, 6.45) is 7.01. The van der Waals surface area contributed by atoms with Crippen LogP contribution < -0.4 is 16.0 Å². The van der Waals surface area contributed by atoms with E-state index in [1.165, 1.54) is 0 Å². The molecule has 9 nitrogen and oxygen atoms in total. The lowest BCUT2D eigenvalue weighted by Gasteiger charge is -2.31. The Kier molecular flexibility index (Phi) is 8.24. The van der Waals surface area contributed by atoms with Gasteiger partial charge in [-0.3, -0.25) is 19.3 Å². The summed E-state index contributed by atoms with van der Waals surface area (Å²) in [7, 11) is 0. The molecule has 1 aliphatic heterocycles. The minimum atomic E-state index is -0.167. The van der Waals surface area contributed by atoms with Crippen molar-refractivity contribution in [1.82, 2.24) is 19.8 Å². The molecule has 3 amide bonds. The lowest BCUT2D eigenvalue weighted by atomic mass is 10.0. The molecule has 3 N–H and O–H groups in total. The van der Waals surface area contributed by atoms with Crippen molar-refractivity contribution in [3.63, 3.8) is 0 Å². The first-order valence-electron chi connectivity index (χ1n) is 11.8. The monoisotopic (exact) mass is 474 g/mol. The van der Waals surface area contributed by atoms with Gasteiger partial charge < -0.3 is 20.5 Å². The van der Waals surface area contributed by atoms with Gasteiger partial charge in [0.05, 0.1) is 12.9 Å². The van der Waals surface area contributed by atoms with E-state index in [2.05, 4.69) is 25.8 Å². The molecule has 9 heteroatoms. The second-order valence-electron chi connectivity index (χ2n) is 8.62. The van der Waals surface area contributed by atoms with Crippen molar-refractivity contribution in [3.05, 3.63) is 78.9 Å². The van der Waals surface area contributed by atoms with Gasteiger partial charge in [0.25, 0.3) is 5.91 Å². The summed E-state index contributed by atoms with van der Waals surface area (Å²) in [5, 5.41) is 8.83. The number of likely N-dealkylation sites (tertiary alicyclic amines) is 1. The smallest absolute Gasteiger partial charge is 0.251 e. The van der Waals surface area contributed by atoms with E-state index >= 15 is 0 Å². The number of nitrogens with one attached hydrogen (secondary N) is 3. The molecule has 2 aromatic carbocycles. The molecule has 2 heterocycles. The first-order valence-corrected chi connectivity index (χ1v) is 11.8. The minimum absolute atomic E-state index is 0.0393. The Labute approximate surface area is 204 Å². The van der Waals surface area contributed by atoms with Gasteiger partial charge in [0.15, 0.2) is 0 Å². The van der Waals surface area contributed by atoms with Crippen molar-refractivity contribution in [1.29, 1.82) is 0 Å². The van der Waals surface area contributed by atoms with Crippen molar-refractivity contribution in [2.24, 2.45) is 0 Å². The highest BCUT2D eigenvalue weighted by Crippen LogP contribution is 2.15. The first kappa shape index (κ1) is 24.2. The van der Waals surface area contributed by atoms with Crippen LogP contribution in [0, 0.1) is 0 Å². The third kappa shape index (κ3) is 7.51. The molecule has 4 rings (SSSR count). The number of nitrogens with zero attached hydrogens (tertiary/aromatic N) is 3. The van der Waals surface area contributed by atoms with Gasteiger partial charge in [-0.15, -0.1) is 0 Å². The molecule has 0 bridgehead atoms. The van der Waals surface area contributed by atoms with Crippen LogP contribution in [0.4, 0.5) is 11.4 Å². The number of hydrogen-bond donors (Lipinski definition) is 3. The predicted octanol–water partition coefficient (Wildman–Crippen LogP) is 2.74. The third-order valence-corrected chi connectivity index (χ3v) is 5.91. The molecule has 1 aliphatic rings. The molecule has 0 spiro atoms. The van der Waals surface area contributed by atoms with E-state index in [-0.39, 0.29) is 23.8 Å². The van der Waals surface area contributed by atoms with E-state index in [9.17, 15) is 14.4 Å². The summed E-state index contributed by atoms with van der Waals surface area (Å²) in [5.74, 6) is -0.331. The number of piperidine rings is 1. The van der Waals surface area contributed by atoms with E-state index in [1.54, 1.807) is 36.8 Å². The summed E-state index contributed by atoms with van der Waals surface area (Å²) in [4.78, 5) is 43.4. The topological polar surface area (TPSA) is 108 Å². The molecular weight excluding hydrogens is 444 g/mol. The average Bonchev–Trinajstić information content (AvgIpc) is 3.38. The highest BCUT2D eigenvalue weighted by Gasteiger charge is 2.22. The Morgan fingerprint density at radius 3 is 2.40 bits per heavy atom. The number of carbonyl (C=O) groups excluding carboxylic acids is 3. The van der Waals surface area contributed by atoms with Crippen molar-refractivity contribution >= 4 is 29.1 Å². The maximum atomic E-state index is 12.8. The molecule has 1 saturated heterocycles.